The van der Waals surface area contributed by atoms with E-state index in [0.717, 1.165) is 5.56 Å². The highest BCUT2D eigenvalue weighted by Crippen LogP contribution is 2.28. The van der Waals surface area contributed by atoms with Gasteiger partial charge in [0.2, 0.25) is 0 Å². The van der Waals surface area contributed by atoms with E-state index in [1.165, 1.54) is 6.33 Å². The minimum absolute atomic E-state index is 0.205. The molecule has 0 N–H and O–H groups in total. The number of aromatic nitrogens is 3. The third-order valence-electron chi connectivity index (χ3n) is 3.62. The molecule has 2 aromatic rings. The van der Waals surface area contributed by atoms with Crippen LogP contribution in [-0.2, 0) is 22.6 Å². The van der Waals surface area contributed by atoms with E-state index < -0.39 is 0 Å². The standard InChI is InChI=1S/C17H24N4O4/c1-4-25-17(22)11-20(7-8-21-13-18-12-19-21)10-14-5-6-15(23-2)16(9-14)24-3/h5-6,9,12-13H,4,7-8,10-11H2,1-3H3. The zero-order chi connectivity index (χ0) is 18.1. The highest BCUT2D eigenvalue weighted by molar-refractivity contribution is 5.71. The Bertz CT molecular complexity index is 661. The fourth-order valence-electron chi connectivity index (χ4n) is 2.43. The summed E-state index contributed by atoms with van der Waals surface area (Å²) in [5.74, 6) is 1.08. The van der Waals surface area contributed by atoms with Crippen molar-refractivity contribution in [2.75, 3.05) is 33.9 Å². The molecule has 8 nitrogen and oxygen atoms in total. The predicted molar refractivity (Wildman–Crippen MR) is 91.5 cm³/mol. The van der Waals surface area contributed by atoms with Crippen molar-refractivity contribution in [3.05, 3.63) is 36.4 Å². The van der Waals surface area contributed by atoms with Crippen molar-refractivity contribution < 1.29 is 19.0 Å². The molecule has 1 aromatic heterocycles. The highest BCUT2D eigenvalue weighted by Gasteiger charge is 2.14. The van der Waals surface area contributed by atoms with Gasteiger partial charge in [-0.05, 0) is 24.6 Å². The maximum atomic E-state index is 11.9. The third kappa shape index (κ3) is 5.75. The fraction of sp³-hybridized carbons (Fsp3) is 0.471. The summed E-state index contributed by atoms with van der Waals surface area (Å²) in [7, 11) is 3.20. The Morgan fingerprint density at radius 2 is 2.04 bits per heavy atom. The summed E-state index contributed by atoms with van der Waals surface area (Å²) in [6.07, 6.45) is 3.14. The largest absolute Gasteiger partial charge is 0.493 e. The zero-order valence-electron chi connectivity index (χ0n) is 14.8. The normalized spacial score (nSPS) is 10.7. The Morgan fingerprint density at radius 3 is 2.68 bits per heavy atom. The van der Waals surface area contributed by atoms with E-state index in [1.807, 2.05) is 23.1 Å². The van der Waals surface area contributed by atoms with Crippen LogP contribution in [0.2, 0.25) is 0 Å². The van der Waals surface area contributed by atoms with Crippen molar-refractivity contribution in [1.82, 2.24) is 19.7 Å². The molecule has 0 atom stereocenters. The summed E-state index contributed by atoms with van der Waals surface area (Å²) in [6, 6.07) is 5.72. The minimum atomic E-state index is -0.249. The molecule has 2 rings (SSSR count). The first-order valence-electron chi connectivity index (χ1n) is 8.07. The van der Waals surface area contributed by atoms with Crippen LogP contribution in [-0.4, -0.2) is 59.5 Å². The van der Waals surface area contributed by atoms with Gasteiger partial charge in [0, 0.05) is 13.1 Å². The van der Waals surface area contributed by atoms with Gasteiger partial charge in [-0.3, -0.25) is 14.4 Å². The van der Waals surface area contributed by atoms with Gasteiger partial charge in [-0.15, -0.1) is 0 Å². The molecule has 136 valence electrons. The van der Waals surface area contributed by atoms with Crippen molar-refractivity contribution in [2.24, 2.45) is 0 Å². The second-order valence-electron chi connectivity index (χ2n) is 5.36. The molecule has 0 aliphatic carbocycles. The molecule has 1 heterocycles. The molecule has 0 saturated carbocycles. The predicted octanol–water partition coefficient (Wildman–Crippen LogP) is 1.36. The van der Waals surface area contributed by atoms with Crippen LogP contribution in [0, 0.1) is 0 Å². The lowest BCUT2D eigenvalue weighted by Crippen LogP contribution is -2.33. The molecule has 0 amide bonds. The average Bonchev–Trinajstić information content (AvgIpc) is 3.13. The third-order valence-corrected chi connectivity index (χ3v) is 3.62. The molecule has 8 heteroatoms. The number of hydrogen-bond acceptors (Lipinski definition) is 7. The molecule has 0 bridgehead atoms. The zero-order valence-corrected chi connectivity index (χ0v) is 14.8. The van der Waals surface area contributed by atoms with Crippen LogP contribution in [0.5, 0.6) is 11.5 Å². The quantitative estimate of drug-likeness (QED) is 0.600. The lowest BCUT2D eigenvalue weighted by Gasteiger charge is -2.22. The van der Waals surface area contributed by atoms with E-state index in [9.17, 15) is 4.79 Å². The second-order valence-corrected chi connectivity index (χ2v) is 5.36. The van der Waals surface area contributed by atoms with Crippen LogP contribution in [0.3, 0.4) is 0 Å². The fourth-order valence-corrected chi connectivity index (χ4v) is 2.43. The summed E-state index contributed by atoms with van der Waals surface area (Å²) in [6.45, 7) is 4.21. The molecule has 25 heavy (non-hydrogen) atoms. The smallest absolute Gasteiger partial charge is 0.320 e. The van der Waals surface area contributed by atoms with E-state index in [-0.39, 0.29) is 12.5 Å². The number of esters is 1. The maximum Gasteiger partial charge on any atom is 0.320 e. The number of nitrogens with zero attached hydrogens (tertiary/aromatic N) is 4. The first-order valence-corrected chi connectivity index (χ1v) is 8.07. The molecule has 0 aliphatic heterocycles. The lowest BCUT2D eigenvalue weighted by molar-refractivity contribution is -0.144. The van der Waals surface area contributed by atoms with Gasteiger partial charge < -0.3 is 14.2 Å². The van der Waals surface area contributed by atoms with E-state index in [1.54, 1.807) is 32.2 Å². The van der Waals surface area contributed by atoms with Gasteiger partial charge in [0.1, 0.15) is 12.7 Å². The van der Waals surface area contributed by atoms with Crippen LogP contribution in [0.1, 0.15) is 12.5 Å². The van der Waals surface area contributed by atoms with E-state index in [4.69, 9.17) is 14.2 Å². The molecule has 0 radical (unpaired) electrons. The van der Waals surface area contributed by atoms with Gasteiger partial charge in [-0.1, -0.05) is 6.07 Å². The molecule has 1 aromatic carbocycles. The molecule has 0 spiro atoms. The molecule has 0 aliphatic rings. The molecule has 0 fully saturated rings. The Hall–Kier alpha value is -2.61. The van der Waals surface area contributed by atoms with Gasteiger partial charge in [-0.25, -0.2) is 4.98 Å². The Labute approximate surface area is 147 Å². The lowest BCUT2D eigenvalue weighted by atomic mass is 10.2. The number of benzene rings is 1. The van der Waals surface area contributed by atoms with Crippen molar-refractivity contribution in [3.63, 3.8) is 0 Å². The monoisotopic (exact) mass is 348 g/mol. The van der Waals surface area contributed by atoms with E-state index in [0.29, 0.717) is 37.7 Å². The number of carbonyl (C=O) groups excluding carboxylic acids is 1. The van der Waals surface area contributed by atoms with E-state index in [2.05, 4.69) is 10.1 Å². The molecule has 0 unspecified atom stereocenters. The van der Waals surface area contributed by atoms with Gasteiger partial charge in [0.15, 0.2) is 11.5 Å². The van der Waals surface area contributed by atoms with Crippen molar-refractivity contribution >= 4 is 5.97 Å². The van der Waals surface area contributed by atoms with Gasteiger partial charge in [0.25, 0.3) is 0 Å². The van der Waals surface area contributed by atoms with Crippen LogP contribution in [0.15, 0.2) is 30.9 Å². The SMILES string of the molecule is CCOC(=O)CN(CCn1cncn1)Cc1ccc(OC)c(OC)c1. The molecular weight excluding hydrogens is 324 g/mol. The molecule has 0 saturated heterocycles. The first-order chi connectivity index (χ1) is 12.2. The summed E-state index contributed by atoms with van der Waals surface area (Å²) in [5.41, 5.74) is 1.01. The van der Waals surface area contributed by atoms with Crippen molar-refractivity contribution in [3.8, 4) is 11.5 Å². The number of methoxy groups -OCH3 is 2. The van der Waals surface area contributed by atoms with E-state index >= 15 is 0 Å². The van der Waals surface area contributed by atoms with Crippen molar-refractivity contribution in [2.45, 2.75) is 20.0 Å². The summed E-state index contributed by atoms with van der Waals surface area (Å²) in [4.78, 5) is 17.8. The molecular formula is C17H24N4O4. The first kappa shape index (κ1) is 18.7. The second kappa shape index (κ2) is 9.63. The van der Waals surface area contributed by atoms with Crippen molar-refractivity contribution in [1.29, 1.82) is 0 Å². The number of rotatable bonds is 10. The average molecular weight is 348 g/mol. The van der Waals surface area contributed by atoms with Gasteiger partial charge in [0.05, 0.1) is 33.9 Å². The summed E-state index contributed by atoms with van der Waals surface area (Å²) >= 11 is 0. The number of hydrogen-bond donors (Lipinski definition) is 0. The highest BCUT2D eigenvalue weighted by atomic mass is 16.5. The Morgan fingerprint density at radius 1 is 1.24 bits per heavy atom. The number of ether oxygens (including phenoxy) is 3. The van der Waals surface area contributed by atoms with Gasteiger partial charge in [-0.2, -0.15) is 5.10 Å². The minimum Gasteiger partial charge on any atom is -0.493 e. The number of carbonyl (C=O) groups is 1. The Balaban J connectivity index is 2.06. The summed E-state index contributed by atoms with van der Waals surface area (Å²) < 4.78 is 17.4. The maximum absolute atomic E-state index is 11.9. The van der Waals surface area contributed by atoms with Gasteiger partial charge >= 0.3 is 5.97 Å². The topological polar surface area (TPSA) is 78.7 Å². The van der Waals surface area contributed by atoms with Crippen LogP contribution in [0.4, 0.5) is 0 Å². The summed E-state index contributed by atoms with van der Waals surface area (Å²) in [5, 5.41) is 4.09. The van der Waals surface area contributed by atoms with Crippen LogP contribution < -0.4 is 9.47 Å². The van der Waals surface area contributed by atoms with Crippen LogP contribution >= 0.6 is 0 Å². The Kier molecular flexibility index (Phi) is 7.21. The van der Waals surface area contributed by atoms with Crippen LogP contribution in [0.25, 0.3) is 0 Å².